The molecule has 10 aromatic rings. The van der Waals surface area contributed by atoms with Crippen molar-refractivity contribution in [1.82, 2.24) is 69.3 Å². The Labute approximate surface area is 463 Å². The molecule has 0 bridgehead atoms. The normalized spacial score (nSPS) is 19.1. The van der Waals surface area contributed by atoms with Crippen LogP contribution in [-0.2, 0) is 24.4 Å². The smallest absolute Gasteiger partial charge is 0.323 e. The van der Waals surface area contributed by atoms with E-state index in [1.807, 2.05) is 0 Å². The Kier molecular flexibility index (Phi) is 14.8. The maximum atomic E-state index is 16.8. The molecular weight excluding hydrogens is 1080 g/mol. The molecule has 0 amide bonds. The number of nitrogens with zero attached hydrogens (tertiary/aromatic N) is 12. The van der Waals surface area contributed by atoms with Crippen molar-refractivity contribution in [2.75, 3.05) is 0 Å². The Balaban J connectivity index is 0.000000169. The fourth-order valence-electron chi connectivity index (χ4n) is 11.0. The van der Waals surface area contributed by atoms with E-state index >= 15 is 8.78 Å². The average molecular weight is 1130 g/mol. The number of nitrogens with one attached hydrogen (secondary N) is 2. The van der Waals surface area contributed by atoms with Crippen molar-refractivity contribution < 1.29 is 26.6 Å². The molecule has 10 aromatic heterocycles. The van der Waals surface area contributed by atoms with Gasteiger partial charge in [-0.05, 0) is 112 Å². The maximum absolute atomic E-state index is 16.8. The number of halogens is 6. The first-order valence-corrected chi connectivity index (χ1v) is 26.9. The first-order valence-electron chi connectivity index (χ1n) is 26.2. The largest absolute Gasteiger partial charge is 0.439 e. The monoisotopic (exact) mass is 1130 g/mol. The van der Waals surface area contributed by atoms with Gasteiger partial charge in [-0.15, -0.1) is 0 Å². The molecule has 0 aromatic carbocycles. The summed E-state index contributed by atoms with van der Waals surface area (Å²) in [5.41, 5.74) is -1.21. The molecule has 2 aliphatic rings. The highest BCUT2D eigenvalue weighted by atomic mass is 35.5. The minimum absolute atomic E-state index is 0.00237. The lowest BCUT2D eigenvalue weighted by Crippen LogP contribution is -2.28. The number of pyridine rings is 6. The summed E-state index contributed by atoms with van der Waals surface area (Å²) >= 11 is 12.6. The number of H-pyrrole nitrogens is 2. The lowest BCUT2D eigenvalue weighted by molar-refractivity contribution is 0.202. The number of fused-ring (bicyclic) bond motifs is 2. The fraction of sp³-hybridized carbons (Fsp3) is 0.357. The lowest BCUT2D eigenvalue weighted by atomic mass is 9.83. The topological polar surface area (TPSA) is 231 Å². The molecule has 12 rings (SSSR count). The van der Waals surface area contributed by atoms with Crippen LogP contribution in [0.4, 0.5) is 17.6 Å². The first kappa shape index (κ1) is 54.0. The van der Waals surface area contributed by atoms with E-state index in [9.17, 15) is 18.4 Å². The van der Waals surface area contributed by atoms with Gasteiger partial charge in [0.05, 0.1) is 43.5 Å². The van der Waals surface area contributed by atoms with Crippen molar-refractivity contribution in [3.63, 3.8) is 0 Å². The predicted molar refractivity (Wildman–Crippen MR) is 290 cm³/mol. The molecule has 0 spiro atoms. The molecular formula is C56H52Cl2F4N14O4. The van der Waals surface area contributed by atoms with Crippen molar-refractivity contribution >= 4 is 45.3 Å². The van der Waals surface area contributed by atoms with Gasteiger partial charge in [0, 0.05) is 61.4 Å². The van der Waals surface area contributed by atoms with Crippen LogP contribution in [0.5, 0.6) is 0 Å². The van der Waals surface area contributed by atoms with Crippen LogP contribution in [-0.4, -0.2) is 69.3 Å². The Hall–Kier alpha value is -7.98. The molecule has 0 aliphatic heterocycles. The molecule has 24 heteroatoms. The molecule has 0 radical (unpaired) electrons. The third kappa shape index (κ3) is 10.8. The summed E-state index contributed by atoms with van der Waals surface area (Å²) < 4.78 is 76.5. The van der Waals surface area contributed by atoms with Gasteiger partial charge in [-0.3, -0.25) is 39.0 Å². The number of aromatic nitrogens is 14. The summed E-state index contributed by atoms with van der Waals surface area (Å²) in [4.78, 5) is 63.9. The molecule has 0 unspecified atom stereocenters. The second kappa shape index (κ2) is 21.9. The highest BCUT2D eigenvalue weighted by molar-refractivity contribution is 6.31. The molecule has 18 nitrogen and oxygen atoms in total. The van der Waals surface area contributed by atoms with Gasteiger partial charge in [0.15, 0.2) is 11.6 Å². The Morgan fingerprint density at radius 1 is 0.600 bits per heavy atom. The molecule has 412 valence electrons. The second-order valence-corrected chi connectivity index (χ2v) is 22.0. The van der Waals surface area contributed by atoms with Gasteiger partial charge in [0.1, 0.15) is 34.4 Å². The van der Waals surface area contributed by atoms with E-state index < -0.39 is 34.5 Å². The first-order chi connectivity index (χ1) is 38.4. The minimum Gasteiger partial charge on any atom is -0.323 e. The molecule has 10 heterocycles. The molecule has 2 aliphatic carbocycles. The number of alkyl halides is 2. The van der Waals surface area contributed by atoms with Crippen molar-refractivity contribution in [3.8, 4) is 45.6 Å². The average Bonchev–Trinajstić information content (AvgIpc) is 4.29. The summed E-state index contributed by atoms with van der Waals surface area (Å²) in [5, 5.41) is 8.30. The summed E-state index contributed by atoms with van der Waals surface area (Å²) in [6.45, 7) is 7.91. The summed E-state index contributed by atoms with van der Waals surface area (Å²) in [5.74, 6) is -1.08. The van der Waals surface area contributed by atoms with Gasteiger partial charge in [-0.2, -0.15) is 0 Å². The van der Waals surface area contributed by atoms with Gasteiger partial charge >= 0.3 is 11.5 Å². The maximum Gasteiger partial charge on any atom is 0.439 e. The van der Waals surface area contributed by atoms with Gasteiger partial charge in [0.2, 0.25) is 23.0 Å². The molecule has 2 saturated carbocycles. The molecule has 0 saturated heterocycles. The molecule has 2 fully saturated rings. The van der Waals surface area contributed by atoms with Gasteiger partial charge in [0.25, 0.3) is 0 Å². The van der Waals surface area contributed by atoms with Crippen LogP contribution in [0.15, 0.2) is 104 Å². The second-order valence-electron chi connectivity index (χ2n) is 21.1. The Morgan fingerprint density at radius 2 is 1.00 bits per heavy atom. The van der Waals surface area contributed by atoms with E-state index in [-0.39, 0.29) is 57.9 Å². The minimum atomic E-state index is -2.38. The fourth-order valence-corrected chi connectivity index (χ4v) is 11.4. The number of aromatic amines is 2. The third-order valence-corrected chi connectivity index (χ3v) is 15.6. The van der Waals surface area contributed by atoms with E-state index in [1.54, 1.807) is 45.8 Å². The molecule has 80 heavy (non-hydrogen) atoms. The van der Waals surface area contributed by atoms with Crippen molar-refractivity contribution in [3.05, 3.63) is 152 Å². The van der Waals surface area contributed by atoms with E-state index in [0.29, 0.717) is 79.6 Å². The van der Waals surface area contributed by atoms with Crippen LogP contribution in [0.2, 0.25) is 10.0 Å². The van der Waals surface area contributed by atoms with E-state index in [0.717, 1.165) is 51.4 Å². The van der Waals surface area contributed by atoms with Crippen molar-refractivity contribution in [2.24, 2.45) is 23.7 Å². The number of imidazole rings is 2. The van der Waals surface area contributed by atoms with E-state index in [4.69, 9.17) is 43.1 Å². The van der Waals surface area contributed by atoms with Crippen LogP contribution in [0, 0.1) is 35.3 Å². The molecule has 2 N–H and O–H groups in total. The number of hydrogen-bond acceptors (Lipinski definition) is 14. The zero-order valence-corrected chi connectivity index (χ0v) is 45.2. The van der Waals surface area contributed by atoms with Gasteiger partial charge < -0.3 is 9.13 Å². The third-order valence-electron chi connectivity index (χ3n) is 15.2. The van der Waals surface area contributed by atoms with E-state index in [2.05, 4.69) is 63.1 Å². The highest BCUT2D eigenvalue weighted by Gasteiger charge is 2.42. The van der Waals surface area contributed by atoms with Crippen LogP contribution >= 0.6 is 23.2 Å². The lowest BCUT2D eigenvalue weighted by Gasteiger charge is -2.29. The zero-order valence-electron chi connectivity index (χ0n) is 43.7. The van der Waals surface area contributed by atoms with Crippen LogP contribution in [0.1, 0.15) is 102 Å². The van der Waals surface area contributed by atoms with Crippen molar-refractivity contribution in [1.29, 1.82) is 0 Å². The Bertz CT molecular complexity index is 3770. The SMILES string of the molecule is CC1CCC(Cn2c([C@@](C)(F)c3ncccc3F)nc3cc(-c4noc(=O)[nH]4)nc(-c4cncc(Cl)c4)c32)CC1.CC1CCC(Cn2c([C@](C)(F)c3ncccc3F)nc3cc(-c4noc(=O)[nH]4)nc(-c4cncc(Cl)c4)c32)CC1. The van der Waals surface area contributed by atoms with Gasteiger partial charge in [-0.25, -0.2) is 47.1 Å². The zero-order chi connectivity index (χ0) is 56.0. The summed E-state index contributed by atoms with van der Waals surface area (Å²) in [6, 6.07) is 11.8. The highest BCUT2D eigenvalue weighted by Crippen LogP contribution is 2.43. The summed E-state index contributed by atoms with van der Waals surface area (Å²) in [6.07, 6.45) is 17.1. The van der Waals surface area contributed by atoms with Crippen molar-refractivity contribution in [2.45, 2.75) is 103 Å². The van der Waals surface area contributed by atoms with Crippen LogP contribution in [0.3, 0.4) is 0 Å². The standard InChI is InChI=1S/2C28H26ClF2N7O2/c2*1-15-5-7-16(8-6-15)14-38-23-20(35-26(38)28(2,31)24-19(30)4-3-9-33-24)11-21(25-36-27(39)40-37-25)34-22(23)17-10-18(29)13-32-12-17/h2*3-4,9-13,15-16H,5-8,14H2,1-2H3,(H,36,37,39)/t2*15?,16?,28-/m10/s1. The summed E-state index contributed by atoms with van der Waals surface area (Å²) in [7, 11) is 0. The quantitative estimate of drug-likeness (QED) is 0.108. The van der Waals surface area contributed by atoms with E-state index in [1.165, 1.54) is 62.9 Å². The number of hydrogen-bond donors (Lipinski definition) is 2. The Morgan fingerprint density at radius 3 is 1.35 bits per heavy atom. The predicted octanol–water partition coefficient (Wildman–Crippen LogP) is 12.2. The van der Waals surface area contributed by atoms with Crippen LogP contribution < -0.4 is 11.5 Å². The molecule has 2 atom stereocenters. The van der Waals surface area contributed by atoms with Gasteiger partial charge in [-0.1, -0.05) is 73.0 Å². The van der Waals surface area contributed by atoms with Crippen LogP contribution in [0.25, 0.3) is 67.6 Å². The number of rotatable bonds is 12.